The molecule has 2 rings (SSSR count). The molecule has 1 heterocycles. The molecule has 0 spiro atoms. The average Bonchev–Trinajstić information content (AvgIpc) is 2.87. The van der Waals surface area contributed by atoms with Gasteiger partial charge < -0.3 is 4.74 Å². The summed E-state index contributed by atoms with van der Waals surface area (Å²) >= 11 is 0. The molecule has 0 N–H and O–H groups in total. The summed E-state index contributed by atoms with van der Waals surface area (Å²) in [7, 11) is 0. The second kappa shape index (κ2) is 2.57. The number of ether oxygens (including phenoxy) is 1. The summed E-state index contributed by atoms with van der Waals surface area (Å²) in [5.41, 5.74) is 0.836. The number of benzene rings is 1. The fraction of sp³-hybridized carbons (Fsp3) is 0.250. The molecule has 1 fully saturated rings. The molecule has 0 radical (unpaired) electrons. The number of hydrogen-bond donors (Lipinski definition) is 0. The first-order valence-electron chi connectivity index (χ1n) is 3.64. The Bertz CT molecular complexity index is 320. The fourth-order valence-electron chi connectivity index (χ4n) is 1.15. The highest BCUT2D eigenvalue weighted by Crippen LogP contribution is 2.35. The van der Waals surface area contributed by atoms with Crippen LogP contribution in [-0.4, -0.2) is 11.5 Å². The van der Waals surface area contributed by atoms with Gasteiger partial charge in [-0.05, 0) is 6.07 Å². The molecule has 1 aromatic rings. The molecule has 4 nitrogen and oxygen atoms in total. The van der Waals surface area contributed by atoms with Crippen LogP contribution in [0.25, 0.3) is 0 Å². The molecule has 1 atom stereocenters. The van der Waals surface area contributed by atoms with Gasteiger partial charge in [0.05, 0.1) is 17.1 Å². The highest BCUT2D eigenvalue weighted by molar-refractivity contribution is 5.42. The van der Waals surface area contributed by atoms with Crippen LogP contribution in [-0.2, 0) is 4.74 Å². The molecule has 12 heavy (non-hydrogen) atoms. The minimum Gasteiger partial charge on any atom is -0.368 e. The van der Waals surface area contributed by atoms with E-state index in [0.29, 0.717) is 12.2 Å². The Kier molecular flexibility index (Phi) is 1.55. The van der Waals surface area contributed by atoms with Crippen molar-refractivity contribution in [2.75, 3.05) is 6.61 Å². The van der Waals surface area contributed by atoms with E-state index in [1.165, 1.54) is 6.07 Å². The molecule has 0 saturated carbocycles. The monoisotopic (exact) mass is 165 g/mol. The second-order valence-corrected chi connectivity index (χ2v) is 2.64. The lowest BCUT2D eigenvalue weighted by Gasteiger charge is -1.96. The van der Waals surface area contributed by atoms with E-state index in [9.17, 15) is 10.1 Å². The molecule has 0 bridgehead atoms. The van der Waals surface area contributed by atoms with E-state index in [1.54, 1.807) is 18.2 Å². The third-order valence-corrected chi connectivity index (χ3v) is 1.81. The van der Waals surface area contributed by atoms with Crippen LogP contribution in [0.5, 0.6) is 0 Å². The fourth-order valence-corrected chi connectivity index (χ4v) is 1.15. The highest BCUT2D eigenvalue weighted by atomic mass is 16.6. The van der Waals surface area contributed by atoms with Gasteiger partial charge in [0.25, 0.3) is 5.69 Å². The molecule has 1 unspecified atom stereocenters. The zero-order chi connectivity index (χ0) is 8.55. The Labute approximate surface area is 68.9 Å². The summed E-state index contributed by atoms with van der Waals surface area (Å²) < 4.78 is 4.98. The van der Waals surface area contributed by atoms with E-state index >= 15 is 0 Å². The lowest BCUT2D eigenvalue weighted by atomic mass is 10.1. The number of nitro groups is 1. The molecular weight excluding hydrogens is 158 g/mol. The van der Waals surface area contributed by atoms with Gasteiger partial charge in [-0.1, -0.05) is 12.1 Å². The van der Waals surface area contributed by atoms with Crippen molar-refractivity contribution in [3.05, 3.63) is 39.9 Å². The molecule has 4 heteroatoms. The standard InChI is InChI=1S/C8H7NO3/c10-9(11)7-4-2-1-3-6(7)8-5-12-8/h1-4,8H,5H2. The van der Waals surface area contributed by atoms with Gasteiger partial charge in [0, 0.05) is 6.07 Å². The summed E-state index contributed by atoms with van der Waals surface area (Å²) in [5.74, 6) is 0. The quantitative estimate of drug-likeness (QED) is 0.380. The molecular formula is C8H7NO3. The van der Waals surface area contributed by atoms with E-state index in [2.05, 4.69) is 0 Å². The van der Waals surface area contributed by atoms with Gasteiger partial charge in [0.1, 0.15) is 6.10 Å². The van der Waals surface area contributed by atoms with Crippen LogP contribution in [0.2, 0.25) is 0 Å². The Morgan fingerprint density at radius 1 is 1.50 bits per heavy atom. The van der Waals surface area contributed by atoms with Gasteiger partial charge in [-0.3, -0.25) is 10.1 Å². The Morgan fingerprint density at radius 3 is 2.75 bits per heavy atom. The smallest absolute Gasteiger partial charge is 0.275 e. The number of para-hydroxylation sites is 1. The van der Waals surface area contributed by atoms with Crippen LogP contribution < -0.4 is 0 Å². The highest BCUT2D eigenvalue weighted by Gasteiger charge is 2.31. The predicted octanol–water partition coefficient (Wildman–Crippen LogP) is 1.67. The predicted molar refractivity (Wildman–Crippen MR) is 41.8 cm³/mol. The summed E-state index contributed by atoms with van der Waals surface area (Å²) in [4.78, 5) is 10.1. The Morgan fingerprint density at radius 2 is 2.17 bits per heavy atom. The van der Waals surface area contributed by atoms with Crippen molar-refractivity contribution in [3.63, 3.8) is 0 Å². The summed E-state index contributed by atoms with van der Waals surface area (Å²) in [5, 5.41) is 10.5. The largest absolute Gasteiger partial charge is 0.368 e. The maximum atomic E-state index is 10.5. The van der Waals surface area contributed by atoms with Crippen LogP contribution in [0.1, 0.15) is 11.7 Å². The van der Waals surface area contributed by atoms with E-state index in [4.69, 9.17) is 4.74 Å². The molecule has 0 aromatic heterocycles. The van der Waals surface area contributed by atoms with Gasteiger partial charge in [0.2, 0.25) is 0 Å². The summed E-state index contributed by atoms with van der Waals surface area (Å²) in [6, 6.07) is 6.67. The van der Waals surface area contributed by atoms with E-state index in [-0.39, 0.29) is 16.7 Å². The number of nitro benzene ring substituents is 1. The summed E-state index contributed by atoms with van der Waals surface area (Å²) in [6.45, 7) is 0.602. The molecule has 1 aliphatic heterocycles. The lowest BCUT2D eigenvalue weighted by molar-refractivity contribution is -0.385. The van der Waals surface area contributed by atoms with Crippen LogP contribution in [0, 0.1) is 10.1 Å². The zero-order valence-electron chi connectivity index (χ0n) is 6.27. The van der Waals surface area contributed by atoms with Crippen molar-refractivity contribution < 1.29 is 9.66 Å². The lowest BCUT2D eigenvalue weighted by Crippen LogP contribution is -1.93. The molecule has 0 aliphatic carbocycles. The van der Waals surface area contributed by atoms with Crippen molar-refractivity contribution in [2.45, 2.75) is 6.10 Å². The van der Waals surface area contributed by atoms with Gasteiger partial charge in [-0.15, -0.1) is 0 Å². The average molecular weight is 165 g/mol. The Balaban J connectivity index is 2.43. The summed E-state index contributed by atoms with van der Waals surface area (Å²) in [6.07, 6.45) is -0.0494. The molecule has 62 valence electrons. The zero-order valence-corrected chi connectivity index (χ0v) is 6.27. The molecule has 0 amide bonds. The third kappa shape index (κ3) is 1.16. The van der Waals surface area contributed by atoms with Crippen LogP contribution in [0.3, 0.4) is 0 Å². The van der Waals surface area contributed by atoms with Crippen molar-refractivity contribution >= 4 is 5.69 Å². The number of rotatable bonds is 2. The van der Waals surface area contributed by atoms with Gasteiger partial charge in [0.15, 0.2) is 0 Å². The molecule has 1 saturated heterocycles. The van der Waals surface area contributed by atoms with Crippen molar-refractivity contribution in [3.8, 4) is 0 Å². The van der Waals surface area contributed by atoms with Crippen molar-refractivity contribution in [1.29, 1.82) is 0 Å². The topological polar surface area (TPSA) is 55.7 Å². The first-order chi connectivity index (χ1) is 5.79. The Hall–Kier alpha value is -1.42. The SMILES string of the molecule is O=[N+]([O-])c1ccccc1C1CO1. The van der Waals surface area contributed by atoms with E-state index in [1.807, 2.05) is 0 Å². The van der Waals surface area contributed by atoms with Gasteiger partial charge >= 0.3 is 0 Å². The van der Waals surface area contributed by atoms with Crippen LogP contribution >= 0.6 is 0 Å². The third-order valence-electron chi connectivity index (χ3n) is 1.81. The van der Waals surface area contributed by atoms with Gasteiger partial charge in [-0.2, -0.15) is 0 Å². The van der Waals surface area contributed by atoms with Crippen molar-refractivity contribution in [1.82, 2.24) is 0 Å². The van der Waals surface area contributed by atoms with Gasteiger partial charge in [-0.25, -0.2) is 0 Å². The first-order valence-corrected chi connectivity index (χ1v) is 3.64. The molecule has 1 aliphatic rings. The minimum absolute atomic E-state index is 0.0494. The first kappa shape index (κ1) is 7.24. The normalized spacial score (nSPS) is 20.5. The maximum Gasteiger partial charge on any atom is 0.275 e. The second-order valence-electron chi connectivity index (χ2n) is 2.64. The van der Waals surface area contributed by atoms with E-state index in [0.717, 1.165) is 0 Å². The van der Waals surface area contributed by atoms with Crippen LogP contribution in [0.15, 0.2) is 24.3 Å². The minimum atomic E-state index is -0.378. The number of nitrogens with zero attached hydrogens (tertiary/aromatic N) is 1. The van der Waals surface area contributed by atoms with Crippen LogP contribution in [0.4, 0.5) is 5.69 Å². The van der Waals surface area contributed by atoms with E-state index < -0.39 is 0 Å². The van der Waals surface area contributed by atoms with Crippen molar-refractivity contribution in [2.24, 2.45) is 0 Å². The molecule has 1 aromatic carbocycles. The number of epoxide rings is 1. The maximum absolute atomic E-state index is 10.5. The number of hydrogen-bond acceptors (Lipinski definition) is 3.